The Morgan fingerprint density at radius 2 is 1.65 bits per heavy atom. The van der Waals surface area contributed by atoms with Crippen LogP contribution >= 0.6 is 0 Å². The average molecular weight is 742 g/mol. The molecule has 0 radical (unpaired) electrons. The monoisotopic (exact) mass is 741 g/mol. The van der Waals surface area contributed by atoms with Gasteiger partial charge in [-0.1, -0.05) is 0 Å². The first-order valence-electron chi connectivity index (χ1n) is 18.9. The van der Waals surface area contributed by atoms with Crippen molar-refractivity contribution in [2.45, 2.75) is 134 Å². The van der Waals surface area contributed by atoms with Crippen LogP contribution in [0.15, 0.2) is 16.5 Å². The zero-order chi connectivity index (χ0) is 38.3. The number of aliphatic hydroxyl groups is 4. The van der Waals surface area contributed by atoms with Gasteiger partial charge < -0.3 is 63.6 Å². The number of carbonyl (C=O) groups excluding carboxylic acids is 2. The van der Waals surface area contributed by atoms with E-state index in [4.69, 9.17) is 28.1 Å². The van der Waals surface area contributed by atoms with Gasteiger partial charge in [0.25, 0.3) is 5.91 Å². The van der Waals surface area contributed by atoms with Crippen molar-refractivity contribution < 1.29 is 58.1 Å². The number of likely N-dealkylation sites (tertiary alicyclic amines) is 2. The number of aliphatic hydroxyl groups excluding tert-OH is 3. The number of carbonyl (C=O) groups is 2. The molecular formula is C37H63N3O12. The first kappa shape index (κ1) is 42.4. The Labute approximate surface area is 307 Å². The second-order valence-corrected chi connectivity index (χ2v) is 15.3. The second-order valence-electron chi connectivity index (χ2n) is 15.3. The molecule has 2 saturated heterocycles. The molecule has 1 saturated carbocycles. The maximum atomic E-state index is 14.9. The van der Waals surface area contributed by atoms with E-state index in [2.05, 4.69) is 10.2 Å². The van der Waals surface area contributed by atoms with Gasteiger partial charge in [0.05, 0.1) is 6.04 Å². The van der Waals surface area contributed by atoms with Crippen LogP contribution in [0.1, 0.15) is 84.7 Å². The molecule has 15 nitrogen and oxygen atoms in total. The maximum absolute atomic E-state index is 14.9. The summed E-state index contributed by atoms with van der Waals surface area (Å²) >= 11 is 0. The summed E-state index contributed by atoms with van der Waals surface area (Å²) in [4.78, 5) is 31.6. The highest BCUT2D eigenvalue weighted by Gasteiger charge is 2.74. The maximum Gasteiger partial charge on any atom is 0.410 e. The predicted octanol–water partition coefficient (Wildman–Crippen LogP) is 2.05. The van der Waals surface area contributed by atoms with Gasteiger partial charge in [0.1, 0.15) is 41.5 Å². The molecule has 3 aliphatic rings. The average Bonchev–Trinajstić information content (AvgIpc) is 3.78. The van der Waals surface area contributed by atoms with Crippen LogP contribution in [0.5, 0.6) is 0 Å². The van der Waals surface area contributed by atoms with Crippen LogP contribution in [0.3, 0.4) is 0 Å². The lowest BCUT2D eigenvalue weighted by Gasteiger charge is -2.56. The number of aryl methyl sites for hydroxylation is 1. The zero-order valence-corrected chi connectivity index (χ0v) is 32.0. The van der Waals surface area contributed by atoms with Gasteiger partial charge in [0.15, 0.2) is 11.9 Å². The Hall–Kier alpha value is -2.34. The van der Waals surface area contributed by atoms with Gasteiger partial charge in [-0.05, 0) is 111 Å². The number of ether oxygens (including phenoxy) is 5. The number of furan rings is 1. The van der Waals surface area contributed by atoms with E-state index in [0.29, 0.717) is 51.1 Å². The Kier molecular flexibility index (Phi) is 14.9. The third-order valence-corrected chi connectivity index (χ3v) is 10.4. The molecule has 5 unspecified atom stereocenters. The summed E-state index contributed by atoms with van der Waals surface area (Å²) in [6.45, 7) is 14.7. The molecule has 52 heavy (non-hydrogen) atoms. The minimum Gasteiger partial charge on any atom is -0.463 e. The standard InChI is InChI=1S/C37H63N3O12/c1-8-48-32(49-9-2)26(23-25-15-20-40(21-16-25)34(45)52-35(4,5)6)38-33(44)36(46)31(47-7)29(42)28(41)30(43)37(36,27-14-13-24(3)51-27)50-22-12-19-39-17-10-11-18-39/h13-14,25-26,28-32,41-43,46H,8-12,15-23H2,1-7H3,(H,38,44)/t26?,28?,29-,30-,31?,36?,37?/m1/s1. The van der Waals surface area contributed by atoms with Crippen molar-refractivity contribution in [3.63, 3.8) is 0 Å². The fraction of sp³-hybridized carbons (Fsp3) is 0.838. The van der Waals surface area contributed by atoms with Crippen molar-refractivity contribution in [2.24, 2.45) is 5.92 Å². The lowest BCUT2D eigenvalue weighted by molar-refractivity contribution is -0.329. The smallest absolute Gasteiger partial charge is 0.410 e. The summed E-state index contributed by atoms with van der Waals surface area (Å²) in [6, 6.07) is 2.24. The van der Waals surface area contributed by atoms with Gasteiger partial charge in [0, 0.05) is 46.6 Å². The molecular weight excluding hydrogens is 678 g/mol. The summed E-state index contributed by atoms with van der Waals surface area (Å²) in [7, 11) is 1.20. The van der Waals surface area contributed by atoms with Gasteiger partial charge in [0.2, 0.25) is 5.60 Å². The Bertz CT molecular complexity index is 1270. The summed E-state index contributed by atoms with van der Waals surface area (Å²) in [6.07, 6.45) is -4.62. The van der Waals surface area contributed by atoms with E-state index in [-0.39, 0.29) is 37.6 Å². The minimum atomic E-state index is -2.85. The fourth-order valence-electron chi connectivity index (χ4n) is 7.82. The molecule has 0 aromatic carbocycles. The highest BCUT2D eigenvalue weighted by molar-refractivity contribution is 5.88. The normalized spacial score (nSPS) is 29.8. The molecule has 0 bridgehead atoms. The number of rotatable bonds is 16. The molecule has 1 aliphatic carbocycles. The molecule has 7 atom stereocenters. The largest absolute Gasteiger partial charge is 0.463 e. The summed E-state index contributed by atoms with van der Waals surface area (Å²) < 4.78 is 35.5. The number of hydrogen-bond acceptors (Lipinski definition) is 13. The molecule has 1 aromatic rings. The van der Waals surface area contributed by atoms with Crippen LogP contribution in [-0.2, 0) is 34.1 Å². The topological polar surface area (TPSA) is 193 Å². The van der Waals surface area contributed by atoms with E-state index in [1.807, 2.05) is 20.8 Å². The van der Waals surface area contributed by atoms with E-state index in [0.717, 1.165) is 25.9 Å². The molecule has 2 aliphatic heterocycles. The SMILES string of the molecule is CCOC(OCC)C(CC1CCN(C(=O)OC(C)(C)C)CC1)NC(=O)C1(O)C(OC)[C@H](O)C(O)[C@@H](O)C1(OCCCN1CCCC1)c1ccc(C)o1. The summed E-state index contributed by atoms with van der Waals surface area (Å²) in [5.41, 5.74) is -5.88. The number of piperidine rings is 1. The van der Waals surface area contributed by atoms with Crippen molar-refractivity contribution in [3.05, 3.63) is 23.7 Å². The first-order chi connectivity index (χ1) is 24.6. The second kappa shape index (κ2) is 18.3. The number of methoxy groups -OCH3 is 1. The lowest BCUT2D eigenvalue weighted by Crippen LogP contribution is -2.81. The van der Waals surface area contributed by atoms with E-state index in [1.165, 1.54) is 13.2 Å². The van der Waals surface area contributed by atoms with Gasteiger partial charge in [-0.3, -0.25) is 4.79 Å². The Morgan fingerprint density at radius 1 is 1.02 bits per heavy atom. The van der Waals surface area contributed by atoms with E-state index < -0.39 is 59.5 Å². The molecule has 4 rings (SSSR count). The molecule has 0 spiro atoms. The van der Waals surface area contributed by atoms with Gasteiger partial charge in [-0.2, -0.15) is 0 Å². The molecule has 3 fully saturated rings. The summed E-state index contributed by atoms with van der Waals surface area (Å²) in [5, 5.41) is 50.2. The molecule has 5 N–H and O–H groups in total. The third-order valence-electron chi connectivity index (χ3n) is 10.4. The highest BCUT2D eigenvalue weighted by Crippen LogP contribution is 2.50. The molecule has 2 amide bonds. The molecule has 3 heterocycles. The van der Waals surface area contributed by atoms with E-state index in [1.54, 1.807) is 31.7 Å². The van der Waals surface area contributed by atoms with Gasteiger partial charge in [-0.25, -0.2) is 4.79 Å². The third kappa shape index (κ3) is 9.29. The lowest BCUT2D eigenvalue weighted by atomic mass is 9.63. The quantitative estimate of drug-likeness (QED) is 0.122. The minimum absolute atomic E-state index is 0.0175. The van der Waals surface area contributed by atoms with Crippen LogP contribution in [-0.4, -0.2) is 150 Å². The number of hydrogen-bond donors (Lipinski definition) is 5. The van der Waals surface area contributed by atoms with Crippen LogP contribution in [0, 0.1) is 12.8 Å². The fourth-order valence-corrected chi connectivity index (χ4v) is 7.82. The van der Waals surface area contributed by atoms with E-state index in [9.17, 15) is 30.0 Å². The Morgan fingerprint density at radius 3 is 2.19 bits per heavy atom. The first-order valence-corrected chi connectivity index (χ1v) is 18.9. The highest BCUT2D eigenvalue weighted by atomic mass is 16.7. The zero-order valence-electron chi connectivity index (χ0n) is 32.0. The van der Waals surface area contributed by atoms with Gasteiger partial charge in [-0.15, -0.1) is 0 Å². The predicted molar refractivity (Wildman–Crippen MR) is 189 cm³/mol. The number of amides is 2. The van der Waals surface area contributed by atoms with Gasteiger partial charge >= 0.3 is 6.09 Å². The van der Waals surface area contributed by atoms with Crippen LogP contribution in [0.2, 0.25) is 0 Å². The van der Waals surface area contributed by atoms with Crippen molar-refractivity contribution in [2.75, 3.05) is 59.7 Å². The Balaban J connectivity index is 1.68. The van der Waals surface area contributed by atoms with Crippen molar-refractivity contribution in [3.8, 4) is 0 Å². The van der Waals surface area contributed by atoms with E-state index >= 15 is 0 Å². The van der Waals surface area contributed by atoms with Crippen molar-refractivity contribution in [1.82, 2.24) is 15.1 Å². The van der Waals surface area contributed by atoms with Crippen LogP contribution in [0.25, 0.3) is 0 Å². The number of nitrogens with one attached hydrogen (secondary N) is 1. The molecule has 15 heteroatoms. The molecule has 1 aromatic heterocycles. The number of nitrogens with zero attached hydrogens (tertiary/aromatic N) is 2. The summed E-state index contributed by atoms with van der Waals surface area (Å²) in [5.74, 6) is -0.730. The molecule has 298 valence electrons. The van der Waals surface area contributed by atoms with Crippen molar-refractivity contribution >= 4 is 12.0 Å². The van der Waals surface area contributed by atoms with Crippen LogP contribution < -0.4 is 5.32 Å². The van der Waals surface area contributed by atoms with Crippen LogP contribution in [0.4, 0.5) is 4.79 Å². The van der Waals surface area contributed by atoms with Crippen molar-refractivity contribution in [1.29, 1.82) is 0 Å².